The topological polar surface area (TPSA) is 9.23 Å². The summed E-state index contributed by atoms with van der Waals surface area (Å²) in [5, 5.41) is 0. The molecular weight excluding hydrogens is 445 g/mol. The minimum Gasteiger partial charge on any atom is -0.489 e. The van der Waals surface area contributed by atoms with Gasteiger partial charge in [0.25, 0.3) is 0 Å². The fourth-order valence-corrected chi connectivity index (χ4v) is 4.05. The smallest absolute Gasteiger partial charge is 0.167 e. The first-order valence-corrected chi connectivity index (χ1v) is 12.1. The third-order valence-corrected chi connectivity index (χ3v) is 6.27. The van der Waals surface area contributed by atoms with Crippen molar-refractivity contribution < 1.29 is 17.9 Å². The van der Waals surface area contributed by atoms with Crippen molar-refractivity contribution in [1.29, 1.82) is 0 Å². The number of hydrogen-bond donors (Lipinski definition) is 0. The molecule has 0 aliphatic heterocycles. The van der Waals surface area contributed by atoms with Crippen molar-refractivity contribution in [2.45, 2.75) is 46.1 Å². The van der Waals surface area contributed by atoms with E-state index in [9.17, 15) is 13.2 Å². The third kappa shape index (κ3) is 5.76. The summed E-state index contributed by atoms with van der Waals surface area (Å²) in [6.07, 6.45) is 3.60. The zero-order valence-electron chi connectivity index (χ0n) is 20.1. The molecule has 0 aromatic heterocycles. The van der Waals surface area contributed by atoms with Gasteiger partial charge < -0.3 is 4.74 Å². The molecule has 0 aliphatic rings. The number of aryl methyl sites for hydroxylation is 2. The Morgan fingerprint density at radius 1 is 0.657 bits per heavy atom. The average molecular weight is 475 g/mol. The predicted octanol–water partition coefficient (Wildman–Crippen LogP) is 8.92. The van der Waals surface area contributed by atoms with Crippen LogP contribution in [-0.4, -0.2) is 0 Å². The molecule has 0 saturated carbocycles. The maximum Gasteiger partial charge on any atom is 0.167 e. The Balaban J connectivity index is 1.43. The summed E-state index contributed by atoms with van der Waals surface area (Å²) in [5.41, 5.74) is 4.51. The summed E-state index contributed by atoms with van der Waals surface area (Å²) < 4.78 is 49.6. The van der Waals surface area contributed by atoms with E-state index in [0.717, 1.165) is 47.9 Å². The minimum atomic E-state index is -0.905. The highest BCUT2D eigenvalue weighted by molar-refractivity contribution is 5.66. The molecule has 4 heteroatoms. The van der Waals surface area contributed by atoms with Gasteiger partial charge in [-0.25, -0.2) is 13.2 Å². The Labute approximate surface area is 205 Å². The summed E-state index contributed by atoms with van der Waals surface area (Å²) >= 11 is 0. The van der Waals surface area contributed by atoms with Gasteiger partial charge in [0.2, 0.25) is 0 Å². The van der Waals surface area contributed by atoms with Crippen LogP contribution in [0.5, 0.6) is 5.75 Å². The minimum absolute atomic E-state index is 0.0993. The molecule has 0 unspecified atom stereocenters. The lowest BCUT2D eigenvalue weighted by atomic mass is 10.0. The van der Waals surface area contributed by atoms with E-state index in [1.54, 1.807) is 42.5 Å². The second-order valence-corrected chi connectivity index (χ2v) is 8.67. The van der Waals surface area contributed by atoms with Crippen LogP contribution >= 0.6 is 0 Å². The molecule has 4 aromatic rings. The van der Waals surface area contributed by atoms with Gasteiger partial charge in [-0.3, -0.25) is 0 Å². The number of unbranched alkanes of at least 4 members (excludes halogenated alkanes) is 1. The van der Waals surface area contributed by atoms with Crippen LogP contribution in [0.1, 0.15) is 43.4 Å². The molecule has 0 N–H and O–H groups in total. The maximum absolute atomic E-state index is 14.8. The lowest BCUT2D eigenvalue weighted by Gasteiger charge is -2.11. The zero-order valence-corrected chi connectivity index (χ0v) is 20.1. The number of rotatable bonds is 9. The van der Waals surface area contributed by atoms with Crippen molar-refractivity contribution in [2.24, 2.45) is 0 Å². The van der Waals surface area contributed by atoms with E-state index in [0.29, 0.717) is 11.3 Å². The standard InChI is InChI=1S/C31H29F3O/c1-3-5-6-24-11-12-25(19-29(24)32)22-13-16-27(17-14-22)35-20-26-15-18-28(31(34)30(26)33)23-9-7-21(4-2)8-10-23/h7-19H,3-6,20H2,1-2H3. The van der Waals surface area contributed by atoms with Crippen LogP contribution in [0.2, 0.25) is 0 Å². The van der Waals surface area contributed by atoms with Gasteiger partial charge in [-0.15, -0.1) is 0 Å². The molecule has 0 heterocycles. The molecule has 0 atom stereocenters. The molecular formula is C31H29F3O. The van der Waals surface area contributed by atoms with Crippen molar-refractivity contribution in [1.82, 2.24) is 0 Å². The van der Waals surface area contributed by atoms with Crippen molar-refractivity contribution in [3.63, 3.8) is 0 Å². The van der Waals surface area contributed by atoms with Crippen molar-refractivity contribution >= 4 is 0 Å². The highest BCUT2D eigenvalue weighted by Crippen LogP contribution is 2.29. The normalized spacial score (nSPS) is 11.0. The molecule has 0 bridgehead atoms. The van der Waals surface area contributed by atoms with Gasteiger partial charge in [0.15, 0.2) is 11.6 Å². The largest absolute Gasteiger partial charge is 0.489 e. The van der Waals surface area contributed by atoms with E-state index >= 15 is 0 Å². The quantitative estimate of drug-likeness (QED) is 0.235. The molecule has 0 amide bonds. The monoisotopic (exact) mass is 474 g/mol. The fourth-order valence-electron chi connectivity index (χ4n) is 4.05. The molecule has 35 heavy (non-hydrogen) atoms. The van der Waals surface area contributed by atoms with Crippen LogP contribution in [0, 0.1) is 17.5 Å². The first-order chi connectivity index (χ1) is 17.0. The molecule has 4 rings (SSSR count). The van der Waals surface area contributed by atoms with Gasteiger partial charge >= 0.3 is 0 Å². The molecule has 0 radical (unpaired) electrons. The number of hydrogen-bond acceptors (Lipinski definition) is 1. The molecule has 180 valence electrons. The van der Waals surface area contributed by atoms with Gasteiger partial charge in [-0.1, -0.05) is 80.9 Å². The van der Waals surface area contributed by atoms with Crippen LogP contribution in [-0.2, 0) is 19.4 Å². The molecule has 0 spiro atoms. The number of ether oxygens (including phenoxy) is 1. The second-order valence-electron chi connectivity index (χ2n) is 8.67. The van der Waals surface area contributed by atoms with E-state index in [1.807, 2.05) is 43.3 Å². The average Bonchev–Trinajstić information content (AvgIpc) is 2.89. The Kier molecular flexibility index (Phi) is 7.91. The van der Waals surface area contributed by atoms with E-state index in [2.05, 4.69) is 6.92 Å². The lowest BCUT2D eigenvalue weighted by Crippen LogP contribution is -2.02. The van der Waals surface area contributed by atoms with E-state index in [1.165, 1.54) is 0 Å². The SMILES string of the molecule is CCCCc1ccc(-c2ccc(OCc3ccc(-c4ccc(CC)cc4)c(F)c3F)cc2)cc1F. The third-order valence-electron chi connectivity index (χ3n) is 6.27. The molecule has 0 saturated heterocycles. The van der Waals surface area contributed by atoms with Crippen molar-refractivity contribution in [3.05, 3.63) is 113 Å². The summed E-state index contributed by atoms with van der Waals surface area (Å²) in [7, 11) is 0. The highest BCUT2D eigenvalue weighted by atomic mass is 19.2. The Morgan fingerprint density at radius 3 is 1.97 bits per heavy atom. The fraction of sp³-hybridized carbons (Fsp3) is 0.226. The maximum atomic E-state index is 14.8. The van der Waals surface area contributed by atoms with Gasteiger partial charge in [0.1, 0.15) is 18.2 Å². The Morgan fingerprint density at radius 2 is 1.31 bits per heavy atom. The summed E-state index contributed by atoms with van der Waals surface area (Å²) in [6.45, 7) is 4.03. The Hall–Kier alpha value is -3.53. The summed E-state index contributed by atoms with van der Waals surface area (Å²) in [4.78, 5) is 0. The van der Waals surface area contributed by atoms with Crippen molar-refractivity contribution in [2.75, 3.05) is 0 Å². The Bertz CT molecular complexity index is 1280. The van der Waals surface area contributed by atoms with Crippen LogP contribution in [0.15, 0.2) is 78.9 Å². The molecule has 0 fully saturated rings. The molecule has 0 aliphatic carbocycles. The van der Waals surface area contributed by atoms with E-state index < -0.39 is 11.6 Å². The van der Waals surface area contributed by atoms with Crippen LogP contribution in [0.3, 0.4) is 0 Å². The zero-order chi connectivity index (χ0) is 24.8. The summed E-state index contributed by atoms with van der Waals surface area (Å²) in [6, 6.07) is 23.0. The number of benzene rings is 4. The van der Waals surface area contributed by atoms with Crippen LogP contribution < -0.4 is 4.74 Å². The highest BCUT2D eigenvalue weighted by Gasteiger charge is 2.15. The van der Waals surface area contributed by atoms with Gasteiger partial charge in [-0.2, -0.15) is 0 Å². The van der Waals surface area contributed by atoms with Gasteiger partial charge in [-0.05, 0) is 65.3 Å². The molecule has 1 nitrogen and oxygen atoms in total. The van der Waals surface area contributed by atoms with Crippen LogP contribution in [0.4, 0.5) is 13.2 Å². The van der Waals surface area contributed by atoms with E-state index in [4.69, 9.17) is 4.74 Å². The van der Waals surface area contributed by atoms with Gasteiger partial charge in [0, 0.05) is 11.1 Å². The first kappa shape index (κ1) is 24.6. The lowest BCUT2D eigenvalue weighted by molar-refractivity contribution is 0.297. The van der Waals surface area contributed by atoms with E-state index in [-0.39, 0.29) is 23.6 Å². The molecule has 4 aromatic carbocycles. The number of halogens is 3. The summed E-state index contributed by atoms with van der Waals surface area (Å²) in [5.74, 6) is -1.46. The first-order valence-electron chi connectivity index (χ1n) is 12.1. The predicted molar refractivity (Wildman–Crippen MR) is 136 cm³/mol. The van der Waals surface area contributed by atoms with Crippen LogP contribution in [0.25, 0.3) is 22.3 Å². The second kappa shape index (κ2) is 11.3. The van der Waals surface area contributed by atoms with Gasteiger partial charge in [0.05, 0.1) is 0 Å². The van der Waals surface area contributed by atoms with Crippen molar-refractivity contribution in [3.8, 4) is 28.0 Å².